The number of nitro groups is 1. The van der Waals surface area contributed by atoms with Gasteiger partial charge in [-0.2, -0.15) is 5.10 Å². The summed E-state index contributed by atoms with van der Waals surface area (Å²) in [7, 11) is 0. The molecule has 0 atom stereocenters. The van der Waals surface area contributed by atoms with Gasteiger partial charge in [0.15, 0.2) is 0 Å². The van der Waals surface area contributed by atoms with Gasteiger partial charge in [0.2, 0.25) is 0 Å². The fourth-order valence-corrected chi connectivity index (χ4v) is 1.44. The maximum absolute atomic E-state index is 12.9. The first-order chi connectivity index (χ1) is 8.11. The van der Waals surface area contributed by atoms with E-state index in [2.05, 4.69) is 5.10 Å². The van der Waals surface area contributed by atoms with Gasteiger partial charge in [0.1, 0.15) is 11.5 Å². The number of rotatable bonds is 3. The molecule has 0 aliphatic heterocycles. The predicted octanol–water partition coefficient (Wildman–Crippen LogP) is 1.38. The fraction of sp³-hybridized carbons (Fsp3) is 0.100. The molecule has 1 aromatic carbocycles. The van der Waals surface area contributed by atoms with Crippen molar-refractivity contribution in [2.45, 2.75) is 6.54 Å². The molecule has 7 heteroatoms. The van der Waals surface area contributed by atoms with Crippen LogP contribution in [0.5, 0.6) is 0 Å². The van der Waals surface area contributed by atoms with Gasteiger partial charge in [-0.15, -0.1) is 0 Å². The van der Waals surface area contributed by atoms with Crippen LogP contribution in [-0.2, 0) is 6.54 Å². The average molecular weight is 236 g/mol. The molecule has 2 rings (SSSR count). The van der Waals surface area contributed by atoms with Gasteiger partial charge in [-0.05, 0) is 18.2 Å². The van der Waals surface area contributed by atoms with E-state index in [-0.39, 0.29) is 17.9 Å². The van der Waals surface area contributed by atoms with Gasteiger partial charge >= 0.3 is 0 Å². The van der Waals surface area contributed by atoms with Crippen molar-refractivity contribution in [2.24, 2.45) is 5.73 Å². The molecule has 17 heavy (non-hydrogen) atoms. The topological polar surface area (TPSA) is 87.0 Å². The van der Waals surface area contributed by atoms with Crippen molar-refractivity contribution in [1.82, 2.24) is 9.78 Å². The Bertz CT molecular complexity index is 567. The van der Waals surface area contributed by atoms with E-state index in [1.165, 1.54) is 10.7 Å². The van der Waals surface area contributed by atoms with Crippen LogP contribution in [0.2, 0.25) is 0 Å². The van der Waals surface area contributed by atoms with Crippen molar-refractivity contribution >= 4 is 5.69 Å². The first kappa shape index (κ1) is 11.2. The number of aromatic nitrogens is 2. The van der Waals surface area contributed by atoms with Gasteiger partial charge in [0.25, 0.3) is 5.69 Å². The molecule has 0 saturated carbocycles. The zero-order valence-electron chi connectivity index (χ0n) is 8.71. The molecule has 0 saturated heterocycles. The van der Waals surface area contributed by atoms with Crippen molar-refractivity contribution in [3.63, 3.8) is 0 Å². The predicted molar refractivity (Wildman–Crippen MR) is 58.1 cm³/mol. The maximum Gasteiger partial charge on any atom is 0.297 e. The summed E-state index contributed by atoms with van der Waals surface area (Å²) in [5.41, 5.74) is 5.86. The molecule has 0 amide bonds. The smallest absolute Gasteiger partial charge is 0.297 e. The number of hydrogen-bond donors (Lipinski definition) is 1. The lowest BCUT2D eigenvalue weighted by Crippen LogP contribution is -2.03. The SMILES string of the molecule is NCc1ccn(-c2ccc(F)cc2[N+](=O)[O-])n1. The van der Waals surface area contributed by atoms with Crippen LogP contribution in [0.1, 0.15) is 5.69 Å². The van der Waals surface area contributed by atoms with Crippen LogP contribution < -0.4 is 5.73 Å². The summed E-state index contributed by atoms with van der Waals surface area (Å²) in [6.45, 7) is 0.238. The van der Waals surface area contributed by atoms with Crippen molar-refractivity contribution in [3.8, 4) is 5.69 Å². The molecule has 0 bridgehead atoms. The zero-order valence-corrected chi connectivity index (χ0v) is 8.71. The van der Waals surface area contributed by atoms with Gasteiger partial charge in [-0.3, -0.25) is 10.1 Å². The molecule has 0 unspecified atom stereocenters. The van der Waals surface area contributed by atoms with E-state index in [1.54, 1.807) is 12.3 Å². The maximum atomic E-state index is 12.9. The van der Waals surface area contributed by atoms with Crippen LogP contribution >= 0.6 is 0 Å². The van der Waals surface area contributed by atoms with E-state index in [4.69, 9.17) is 5.73 Å². The zero-order chi connectivity index (χ0) is 12.4. The lowest BCUT2D eigenvalue weighted by atomic mass is 10.2. The third-order valence-corrected chi connectivity index (χ3v) is 2.23. The summed E-state index contributed by atoms with van der Waals surface area (Å²) in [6.07, 6.45) is 1.54. The second-order valence-corrected chi connectivity index (χ2v) is 3.35. The molecule has 0 aliphatic carbocycles. The highest BCUT2D eigenvalue weighted by molar-refractivity contribution is 5.51. The molecular formula is C10H9FN4O2. The first-order valence-electron chi connectivity index (χ1n) is 4.80. The average Bonchev–Trinajstić information content (AvgIpc) is 2.77. The van der Waals surface area contributed by atoms with Crippen LogP contribution in [0, 0.1) is 15.9 Å². The molecule has 2 N–H and O–H groups in total. The molecule has 2 aromatic rings. The summed E-state index contributed by atoms with van der Waals surface area (Å²) in [4.78, 5) is 10.1. The lowest BCUT2D eigenvalue weighted by Gasteiger charge is -2.02. The molecule has 0 aliphatic rings. The van der Waals surface area contributed by atoms with E-state index in [0.717, 1.165) is 12.1 Å². The van der Waals surface area contributed by atoms with Crippen molar-refractivity contribution in [1.29, 1.82) is 0 Å². The standard InChI is InChI=1S/C10H9FN4O2/c11-7-1-2-9(10(5-7)15(16)17)14-4-3-8(6-12)13-14/h1-5H,6,12H2. The van der Waals surface area contributed by atoms with E-state index < -0.39 is 10.7 Å². The Hall–Kier alpha value is -2.28. The Morgan fingerprint density at radius 1 is 1.47 bits per heavy atom. The van der Waals surface area contributed by atoms with E-state index in [0.29, 0.717) is 5.69 Å². The number of hydrogen-bond acceptors (Lipinski definition) is 4. The highest BCUT2D eigenvalue weighted by Gasteiger charge is 2.17. The Kier molecular flexibility index (Phi) is 2.84. The lowest BCUT2D eigenvalue weighted by molar-refractivity contribution is -0.384. The van der Waals surface area contributed by atoms with E-state index >= 15 is 0 Å². The van der Waals surface area contributed by atoms with Crippen molar-refractivity contribution < 1.29 is 9.31 Å². The summed E-state index contributed by atoms with van der Waals surface area (Å²) in [5.74, 6) is -0.661. The largest absolute Gasteiger partial charge is 0.325 e. The second-order valence-electron chi connectivity index (χ2n) is 3.35. The number of nitrogens with two attached hydrogens (primary N) is 1. The first-order valence-corrected chi connectivity index (χ1v) is 4.80. The number of nitro benzene ring substituents is 1. The third kappa shape index (κ3) is 2.13. The van der Waals surface area contributed by atoms with Gasteiger partial charge in [-0.1, -0.05) is 0 Å². The molecule has 6 nitrogen and oxygen atoms in total. The minimum atomic E-state index is -0.661. The van der Waals surface area contributed by atoms with Gasteiger partial charge < -0.3 is 5.73 Å². The molecule has 1 heterocycles. The van der Waals surface area contributed by atoms with E-state index in [9.17, 15) is 14.5 Å². The second kappa shape index (κ2) is 4.30. The van der Waals surface area contributed by atoms with Gasteiger partial charge in [0.05, 0.1) is 16.7 Å². The van der Waals surface area contributed by atoms with Crippen molar-refractivity contribution in [3.05, 3.63) is 52.1 Å². The minimum Gasteiger partial charge on any atom is -0.325 e. The Morgan fingerprint density at radius 3 is 2.82 bits per heavy atom. The molecule has 88 valence electrons. The molecular weight excluding hydrogens is 227 g/mol. The summed E-state index contributed by atoms with van der Waals surface area (Å²) in [5, 5.41) is 14.8. The number of nitrogens with zero attached hydrogens (tertiary/aromatic N) is 3. The highest BCUT2D eigenvalue weighted by atomic mass is 19.1. The number of halogens is 1. The van der Waals surface area contributed by atoms with Crippen LogP contribution in [0.25, 0.3) is 5.69 Å². The third-order valence-electron chi connectivity index (χ3n) is 2.23. The van der Waals surface area contributed by atoms with Gasteiger partial charge in [-0.25, -0.2) is 9.07 Å². The monoisotopic (exact) mass is 236 g/mol. The summed E-state index contributed by atoms with van der Waals surface area (Å²) in [6, 6.07) is 4.96. The molecule has 0 fully saturated rings. The normalized spacial score (nSPS) is 10.5. The molecule has 0 radical (unpaired) electrons. The van der Waals surface area contributed by atoms with Crippen LogP contribution in [0.3, 0.4) is 0 Å². The highest BCUT2D eigenvalue weighted by Crippen LogP contribution is 2.23. The minimum absolute atomic E-state index is 0.205. The summed E-state index contributed by atoms with van der Waals surface area (Å²) < 4.78 is 14.2. The Balaban J connectivity index is 2.54. The van der Waals surface area contributed by atoms with Crippen LogP contribution in [0.4, 0.5) is 10.1 Å². The fourth-order valence-electron chi connectivity index (χ4n) is 1.44. The molecule has 1 aromatic heterocycles. The Labute approximate surface area is 95.6 Å². The quantitative estimate of drug-likeness (QED) is 0.644. The summed E-state index contributed by atoms with van der Waals surface area (Å²) >= 11 is 0. The van der Waals surface area contributed by atoms with E-state index in [1.807, 2.05) is 0 Å². The van der Waals surface area contributed by atoms with Crippen LogP contribution in [0.15, 0.2) is 30.5 Å². The Morgan fingerprint density at radius 2 is 2.24 bits per heavy atom. The van der Waals surface area contributed by atoms with Crippen molar-refractivity contribution in [2.75, 3.05) is 0 Å². The number of benzene rings is 1. The van der Waals surface area contributed by atoms with Gasteiger partial charge in [0, 0.05) is 12.7 Å². The van der Waals surface area contributed by atoms with Crippen LogP contribution in [-0.4, -0.2) is 14.7 Å². The molecule has 0 spiro atoms.